The summed E-state index contributed by atoms with van der Waals surface area (Å²) in [4.78, 5) is 10.4. The van der Waals surface area contributed by atoms with Gasteiger partial charge in [-0.3, -0.25) is 4.79 Å². The molecule has 0 spiro atoms. The molecule has 0 rings (SSSR count). The molecule has 0 saturated heterocycles. The van der Waals surface area contributed by atoms with Crippen molar-refractivity contribution in [3.63, 3.8) is 0 Å². The van der Waals surface area contributed by atoms with Crippen LogP contribution in [0.1, 0.15) is 20.8 Å². The summed E-state index contributed by atoms with van der Waals surface area (Å²) in [6.45, 7) is 5.24. The van der Waals surface area contributed by atoms with E-state index < -0.39 is 22.2 Å². The molecule has 7 heteroatoms. The standard InChI is InChI=1S/C7H16N2O4S/c1-5(2)4-8-14(12,13)9-6(3)7(10)11/h5-6,8-9H,4H2,1-3H3,(H,10,11). The van der Waals surface area contributed by atoms with Crippen LogP contribution in [0.25, 0.3) is 0 Å². The third-order valence-electron chi connectivity index (χ3n) is 1.38. The zero-order valence-corrected chi connectivity index (χ0v) is 9.26. The van der Waals surface area contributed by atoms with Crippen LogP contribution in [0, 0.1) is 5.92 Å². The predicted molar refractivity (Wildman–Crippen MR) is 52.0 cm³/mol. The molecule has 1 unspecified atom stereocenters. The molecule has 14 heavy (non-hydrogen) atoms. The Kier molecular flexibility index (Phi) is 5.03. The van der Waals surface area contributed by atoms with Gasteiger partial charge in [0, 0.05) is 6.54 Å². The van der Waals surface area contributed by atoms with Gasteiger partial charge >= 0.3 is 5.97 Å². The maximum absolute atomic E-state index is 11.2. The molecule has 0 aromatic carbocycles. The number of hydrogen-bond acceptors (Lipinski definition) is 3. The third kappa shape index (κ3) is 5.90. The fourth-order valence-corrected chi connectivity index (χ4v) is 1.80. The molecule has 84 valence electrons. The van der Waals surface area contributed by atoms with Crippen LogP contribution < -0.4 is 9.44 Å². The van der Waals surface area contributed by atoms with Crippen molar-refractivity contribution < 1.29 is 18.3 Å². The Bertz CT molecular complexity index is 286. The van der Waals surface area contributed by atoms with Crippen LogP contribution in [0.3, 0.4) is 0 Å². The zero-order chi connectivity index (χ0) is 11.4. The van der Waals surface area contributed by atoms with Crippen LogP contribution >= 0.6 is 0 Å². The first-order chi connectivity index (χ1) is 6.24. The summed E-state index contributed by atoms with van der Waals surface area (Å²) in [6, 6.07) is -1.13. The van der Waals surface area contributed by atoms with E-state index >= 15 is 0 Å². The van der Waals surface area contributed by atoms with Gasteiger partial charge in [-0.25, -0.2) is 4.72 Å². The topological polar surface area (TPSA) is 95.5 Å². The maximum Gasteiger partial charge on any atom is 0.321 e. The second-order valence-electron chi connectivity index (χ2n) is 3.42. The first kappa shape index (κ1) is 13.3. The van der Waals surface area contributed by atoms with Crippen molar-refractivity contribution in [3.05, 3.63) is 0 Å². The van der Waals surface area contributed by atoms with E-state index in [2.05, 4.69) is 4.72 Å². The number of carboxylic acids is 1. The zero-order valence-electron chi connectivity index (χ0n) is 8.44. The van der Waals surface area contributed by atoms with Crippen molar-refractivity contribution in [3.8, 4) is 0 Å². The van der Waals surface area contributed by atoms with E-state index in [0.717, 1.165) is 0 Å². The Hall–Kier alpha value is -0.660. The molecule has 0 aromatic heterocycles. The Morgan fingerprint density at radius 1 is 1.36 bits per heavy atom. The van der Waals surface area contributed by atoms with Crippen LogP contribution in [-0.4, -0.2) is 32.1 Å². The van der Waals surface area contributed by atoms with Crippen LogP contribution in [-0.2, 0) is 15.0 Å². The normalized spacial score (nSPS) is 14.3. The molecular weight excluding hydrogens is 208 g/mol. The Labute approximate surface area is 83.9 Å². The van der Waals surface area contributed by atoms with E-state index in [0.29, 0.717) is 0 Å². The van der Waals surface area contributed by atoms with Crippen molar-refractivity contribution in [2.24, 2.45) is 5.92 Å². The Balaban J connectivity index is 4.15. The molecule has 0 aliphatic rings. The third-order valence-corrected chi connectivity index (χ3v) is 2.59. The molecule has 0 bridgehead atoms. The number of carboxylic acid groups (broad SMARTS) is 1. The first-order valence-corrected chi connectivity index (χ1v) is 5.72. The van der Waals surface area contributed by atoms with Crippen molar-refractivity contribution in [2.45, 2.75) is 26.8 Å². The highest BCUT2D eigenvalue weighted by Gasteiger charge is 2.18. The van der Waals surface area contributed by atoms with Crippen LogP contribution in [0.15, 0.2) is 0 Å². The molecule has 1 atom stereocenters. The van der Waals surface area contributed by atoms with E-state index in [4.69, 9.17) is 5.11 Å². The SMILES string of the molecule is CC(C)CNS(=O)(=O)NC(C)C(=O)O. The molecule has 0 radical (unpaired) electrons. The van der Waals surface area contributed by atoms with Crippen LogP contribution in [0.4, 0.5) is 0 Å². The van der Waals surface area contributed by atoms with Gasteiger partial charge in [0.05, 0.1) is 0 Å². The molecule has 0 heterocycles. The van der Waals surface area contributed by atoms with Crippen LogP contribution in [0.5, 0.6) is 0 Å². The lowest BCUT2D eigenvalue weighted by atomic mass is 10.2. The predicted octanol–water partition coefficient (Wildman–Crippen LogP) is -0.460. The highest BCUT2D eigenvalue weighted by molar-refractivity contribution is 7.87. The summed E-state index contributed by atoms with van der Waals surface area (Å²) >= 11 is 0. The van der Waals surface area contributed by atoms with E-state index in [1.54, 1.807) is 0 Å². The van der Waals surface area contributed by atoms with Crippen LogP contribution in [0.2, 0.25) is 0 Å². The molecule has 0 aliphatic carbocycles. The largest absolute Gasteiger partial charge is 0.480 e. The quantitative estimate of drug-likeness (QED) is 0.569. The summed E-state index contributed by atoms with van der Waals surface area (Å²) in [5.41, 5.74) is 0. The van der Waals surface area contributed by atoms with Gasteiger partial charge in [0.15, 0.2) is 0 Å². The van der Waals surface area contributed by atoms with Gasteiger partial charge in [-0.15, -0.1) is 0 Å². The van der Waals surface area contributed by atoms with Gasteiger partial charge in [-0.05, 0) is 12.8 Å². The van der Waals surface area contributed by atoms with Crippen molar-refractivity contribution in [2.75, 3.05) is 6.54 Å². The molecule has 3 N–H and O–H groups in total. The van der Waals surface area contributed by atoms with E-state index in [-0.39, 0.29) is 12.5 Å². The van der Waals surface area contributed by atoms with Gasteiger partial charge in [0.2, 0.25) is 0 Å². The second-order valence-corrected chi connectivity index (χ2v) is 4.95. The van der Waals surface area contributed by atoms with Gasteiger partial charge in [0.25, 0.3) is 10.2 Å². The fourth-order valence-electron chi connectivity index (χ4n) is 0.601. The van der Waals surface area contributed by atoms with Gasteiger partial charge in [0.1, 0.15) is 6.04 Å². The minimum Gasteiger partial charge on any atom is -0.480 e. The molecular formula is C7H16N2O4S. The number of aliphatic carboxylic acids is 1. The number of rotatable bonds is 6. The van der Waals surface area contributed by atoms with Gasteiger partial charge < -0.3 is 5.11 Å². The minimum absolute atomic E-state index is 0.173. The fraction of sp³-hybridized carbons (Fsp3) is 0.857. The molecule has 0 fully saturated rings. The summed E-state index contributed by atoms with van der Waals surface area (Å²) in [5, 5.41) is 8.47. The van der Waals surface area contributed by atoms with Crippen molar-refractivity contribution in [1.82, 2.24) is 9.44 Å². The average molecular weight is 224 g/mol. The summed E-state index contributed by atoms with van der Waals surface area (Å²) in [5.74, 6) is -1.04. The summed E-state index contributed by atoms with van der Waals surface area (Å²) in [6.07, 6.45) is 0. The Morgan fingerprint density at radius 3 is 2.21 bits per heavy atom. The molecule has 0 aliphatic heterocycles. The lowest BCUT2D eigenvalue weighted by molar-refractivity contribution is -0.138. The highest BCUT2D eigenvalue weighted by atomic mass is 32.2. The molecule has 0 aromatic rings. The number of hydrogen-bond donors (Lipinski definition) is 3. The van der Waals surface area contributed by atoms with E-state index in [1.165, 1.54) is 6.92 Å². The smallest absolute Gasteiger partial charge is 0.321 e. The van der Waals surface area contributed by atoms with Crippen molar-refractivity contribution in [1.29, 1.82) is 0 Å². The maximum atomic E-state index is 11.2. The van der Waals surface area contributed by atoms with Crippen molar-refractivity contribution >= 4 is 16.2 Å². The Morgan fingerprint density at radius 2 is 1.86 bits per heavy atom. The number of nitrogens with one attached hydrogen (secondary N) is 2. The lowest BCUT2D eigenvalue weighted by Crippen LogP contribution is -2.45. The lowest BCUT2D eigenvalue weighted by Gasteiger charge is -2.12. The highest BCUT2D eigenvalue weighted by Crippen LogP contribution is 1.91. The number of carbonyl (C=O) groups is 1. The molecule has 0 saturated carbocycles. The van der Waals surface area contributed by atoms with E-state index in [1.807, 2.05) is 18.6 Å². The monoisotopic (exact) mass is 224 g/mol. The molecule has 0 amide bonds. The van der Waals surface area contributed by atoms with E-state index in [9.17, 15) is 13.2 Å². The second kappa shape index (κ2) is 5.28. The summed E-state index contributed by atoms with van der Waals surface area (Å²) in [7, 11) is -3.70. The average Bonchev–Trinajstić information content (AvgIpc) is 2.00. The molecule has 6 nitrogen and oxygen atoms in total. The van der Waals surface area contributed by atoms with Gasteiger partial charge in [-0.1, -0.05) is 13.8 Å². The summed E-state index contributed by atoms with van der Waals surface area (Å²) < 4.78 is 26.5. The minimum atomic E-state index is -3.70. The first-order valence-electron chi connectivity index (χ1n) is 4.24. The van der Waals surface area contributed by atoms with Gasteiger partial charge in [-0.2, -0.15) is 13.1 Å².